The van der Waals surface area contributed by atoms with Crippen LogP contribution in [0, 0.1) is 0 Å². The minimum absolute atomic E-state index is 0.108. The number of rotatable bonds is 11. The van der Waals surface area contributed by atoms with Crippen molar-refractivity contribution in [2.75, 3.05) is 18.2 Å². The molecule has 1 amide bonds. The number of ether oxygens (including phenoxy) is 1. The molecule has 1 N–H and O–H groups in total. The zero-order chi connectivity index (χ0) is 22.9. The number of carbonyl (C=O) groups excluding carboxylic acids is 1. The number of hydrogen-bond acceptors (Lipinski definition) is 5. The van der Waals surface area contributed by atoms with Gasteiger partial charge in [-0.2, -0.15) is 0 Å². The van der Waals surface area contributed by atoms with Gasteiger partial charge in [0.25, 0.3) is 0 Å². The summed E-state index contributed by atoms with van der Waals surface area (Å²) in [5.41, 5.74) is 1.97. The molecule has 0 aliphatic rings. The van der Waals surface area contributed by atoms with E-state index in [1.54, 1.807) is 7.11 Å². The van der Waals surface area contributed by atoms with Gasteiger partial charge in [0.15, 0.2) is 5.16 Å². The largest absolute Gasteiger partial charge is 0.497 e. The predicted molar refractivity (Wildman–Crippen MR) is 136 cm³/mol. The standard InChI is InChI=1S/C23H24Br2N4O2S/c1-3-13-29-21(6-4-5-16-7-10-18(31-2)11-8-16)27-28-23(29)32-15-22(30)26-20-14-17(24)9-12-19(20)25/h3,7-12,14H,1,4-6,13,15H2,2H3,(H,26,30). The second-order valence-corrected chi connectivity index (χ2v) is 9.67. The third-order valence-electron chi connectivity index (χ3n) is 4.66. The number of anilines is 1. The highest BCUT2D eigenvalue weighted by molar-refractivity contribution is 9.11. The average molecular weight is 580 g/mol. The van der Waals surface area contributed by atoms with Crippen LogP contribution in [0.5, 0.6) is 5.75 Å². The summed E-state index contributed by atoms with van der Waals surface area (Å²) in [4.78, 5) is 12.4. The van der Waals surface area contributed by atoms with E-state index in [1.165, 1.54) is 17.3 Å². The molecule has 0 saturated heterocycles. The van der Waals surface area contributed by atoms with Crippen LogP contribution >= 0.6 is 43.6 Å². The predicted octanol–water partition coefficient (Wildman–Crippen LogP) is 5.90. The fraction of sp³-hybridized carbons (Fsp3) is 0.261. The lowest BCUT2D eigenvalue weighted by Gasteiger charge is -2.09. The number of allylic oxidation sites excluding steroid dienone is 1. The SMILES string of the molecule is C=CCn1c(CCCc2ccc(OC)cc2)nnc1SCC(=O)Nc1cc(Br)ccc1Br. The third-order valence-corrected chi connectivity index (χ3v) is 6.82. The summed E-state index contributed by atoms with van der Waals surface area (Å²) < 4.78 is 8.95. The van der Waals surface area contributed by atoms with Crippen molar-refractivity contribution in [3.05, 3.63) is 75.5 Å². The van der Waals surface area contributed by atoms with Crippen molar-refractivity contribution in [3.8, 4) is 5.75 Å². The molecule has 1 heterocycles. The lowest BCUT2D eigenvalue weighted by Crippen LogP contribution is -2.15. The number of halogens is 2. The van der Waals surface area contributed by atoms with Crippen LogP contribution < -0.4 is 10.1 Å². The topological polar surface area (TPSA) is 69.0 Å². The Bertz CT molecular complexity index is 1070. The Morgan fingerprint density at radius 1 is 1.19 bits per heavy atom. The Morgan fingerprint density at radius 3 is 2.69 bits per heavy atom. The fourth-order valence-electron chi connectivity index (χ4n) is 3.08. The summed E-state index contributed by atoms with van der Waals surface area (Å²) in [5, 5.41) is 12.3. The number of hydrogen-bond donors (Lipinski definition) is 1. The fourth-order valence-corrected chi connectivity index (χ4v) is 4.55. The molecular weight excluding hydrogens is 556 g/mol. The Kier molecular flexibility index (Phi) is 9.37. The number of aromatic nitrogens is 3. The molecule has 3 aromatic rings. The second kappa shape index (κ2) is 12.2. The van der Waals surface area contributed by atoms with Gasteiger partial charge >= 0.3 is 0 Å². The van der Waals surface area contributed by atoms with E-state index in [1.807, 2.05) is 41.0 Å². The van der Waals surface area contributed by atoms with E-state index in [-0.39, 0.29) is 11.7 Å². The highest BCUT2D eigenvalue weighted by atomic mass is 79.9. The molecule has 0 saturated carbocycles. The summed E-state index contributed by atoms with van der Waals surface area (Å²) in [6.45, 7) is 4.45. The summed E-state index contributed by atoms with van der Waals surface area (Å²) >= 11 is 8.24. The van der Waals surface area contributed by atoms with Crippen LogP contribution in [0.1, 0.15) is 17.8 Å². The van der Waals surface area contributed by atoms with Gasteiger partial charge in [0.05, 0.1) is 18.6 Å². The van der Waals surface area contributed by atoms with E-state index in [0.29, 0.717) is 11.7 Å². The van der Waals surface area contributed by atoms with Gasteiger partial charge in [-0.05, 0) is 64.7 Å². The van der Waals surface area contributed by atoms with E-state index in [9.17, 15) is 4.79 Å². The van der Waals surface area contributed by atoms with Crippen molar-refractivity contribution in [2.45, 2.75) is 31.0 Å². The number of nitrogens with zero attached hydrogens (tertiary/aromatic N) is 3. The van der Waals surface area contributed by atoms with Gasteiger partial charge in [0, 0.05) is 21.9 Å². The van der Waals surface area contributed by atoms with Crippen molar-refractivity contribution >= 4 is 55.2 Å². The monoisotopic (exact) mass is 578 g/mol. The van der Waals surface area contributed by atoms with Gasteiger partial charge in [0.1, 0.15) is 11.6 Å². The normalized spacial score (nSPS) is 10.7. The van der Waals surface area contributed by atoms with Crippen molar-refractivity contribution in [1.29, 1.82) is 0 Å². The number of amides is 1. The number of aryl methyl sites for hydroxylation is 2. The van der Waals surface area contributed by atoms with Crippen LogP contribution in [0.4, 0.5) is 5.69 Å². The molecule has 3 rings (SSSR count). The molecule has 168 valence electrons. The maximum atomic E-state index is 12.4. The third kappa shape index (κ3) is 6.95. The molecule has 0 fully saturated rings. The number of carbonyl (C=O) groups is 1. The number of methoxy groups -OCH3 is 1. The minimum atomic E-state index is -0.108. The van der Waals surface area contributed by atoms with E-state index in [4.69, 9.17) is 4.74 Å². The van der Waals surface area contributed by atoms with Gasteiger partial charge in [-0.15, -0.1) is 16.8 Å². The molecule has 0 spiro atoms. The lowest BCUT2D eigenvalue weighted by atomic mass is 10.1. The maximum absolute atomic E-state index is 12.4. The summed E-state index contributed by atoms with van der Waals surface area (Å²) in [7, 11) is 1.67. The Balaban J connectivity index is 1.56. The van der Waals surface area contributed by atoms with Crippen molar-refractivity contribution in [2.24, 2.45) is 0 Å². The highest BCUT2D eigenvalue weighted by Crippen LogP contribution is 2.27. The van der Waals surface area contributed by atoms with Crippen LogP contribution in [-0.2, 0) is 24.2 Å². The van der Waals surface area contributed by atoms with E-state index < -0.39 is 0 Å². The van der Waals surface area contributed by atoms with Gasteiger partial charge in [-0.3, -0.25) is 4.79 Å². The molecule has 32 heavy (non-hydrogen) atoms. The summed E-state index contributed by atoms with van der Waals surface area (Å²) in [5.74, 6) is 1.89. The molecule has 0 radical (unpaired) electrons. The van der Waals surface area contributed by atoms with Crippen LogP contribution in [0.15, 0.2) is 69.2 Å². The molecule has 0 bridgehead atoms. The molecule has 0 unspecified atom stereocenters. The molecule has 0 atom stereocenters. The quantitative estimate of drug-likeness (QED) is 0.226. The number of thioether (sulfide) groups is 1. The zero-order valence-electron chi connectivity index (χ0n) is 17.7. The Labute approximate surface area is 209 Å². The van der Waals surface area contributed by atoms with Crippen LogP contribution in [0.25, 0.3) is 0 Å². The van der Waals surface area contributed by atoms with E-state index in [2.05, 4.69) is 66.1 Å². The molecule has 6 nitrogen and oxygen atoms in total. The Hall–Kier alpha value is -2.10. The number of nitrogens with one attached hydrogen (secondary N) is 1. The minimum Gasteiger partial charge on any atom is -0.497 e. The first-order valence-electron chi connectivity index (χ1n) is 10.0. The van der Waals surface area contributed by atoms with Crippen LogP contribution in [-0.4, -0.2) is 33.5 Å². The van der Waals surface area contributed by atoms with Crippen molar-refractivity contribution in [3.63, 3.8) is 0 Å². The van der Waals surface area contributed by atoms with Gasteiger partial charge < -0.3 is 14.6 Å². The van der Waals surface area contributed by atoms with E-state index in [0.717, 1.165) is 45.5 Å². The zero-order valence-corrected chi connectivity index (χ0v) is 21.7. The van der Waals surface area contributed by atoms with Gasteiger partial charge in [-0.1, -0.05) is 45.9 Å². The molecule has 0 aliphatic heterocycles. The van der Waals surface area contributed by atoms with E-state index >= 15 is 0 Å². The first-order valence-corrected chi connectivity index (χ1v) is 12.6. The van der Waals surface area contributed by atoms with Crippen LogP contribution in [0.3, 0.4) is 0 Å². The molecule has 2 aromatic carbocycles. The van der Waals surface area contributed by atoms with Gasteiger partial charge in [-0.25, -0.2) is 0 Å². The average Bonchev–Trinajstić information content (AvgIpc) is 3.17. The first-order chi connectivity index (χ1) is 15.5. The second-order valence-electron chi connectivity index (χ2n) is 6.96. The molecular formula is C23H24Br2N4O2S. The van der Waals surface area contributed by atoms with Crippen molar-refractivity contribution in [1.82, 2.24) is 14.8 Å². The smallest absolute Gasteiger partial charge is 0.234 e. The lowest BCUT2D eigenvalue weighted by molar-refractivity contribution is -0.113. The number of benzene rings is 2. The first kappa shape index (κ1) is 24.5. The van der Waals surface area contributed by atoms with Crippen molar-refractivity contribution < 1.29 is 9.53 Å². The maximum Gasteiger partial charge on any atom is 0.234 e. The summed E-state index contributed by atoms with van der Waals surface area (Å²) in [6.07, 6.45) is 4.50. The molecule has 0 aliphatic carbocycles. The Morgan fingerprint density at radius 2 is 1.97 bits per heavy atom. The highest BCUT2D eigenvalue weighted by Gasteiger charge is 2.14. The molecule has 1 aromatic heterocycles. The van der Waals surface area contributed by atoms with Crippen LogP contribution in [0.2, 0.25) is 0 Å². The molecule has 9 heteroatoms. The van der Waals surface area contributed by atoms with Gasteiger partial charge in [0.2, 0.25) is 5.91 Å². The summed E-state index contributed by atoms with van der Waals surface area (Å²) in [6, 6.07) is 13.7.